The first kappa shape index (κ1) is 19.3. The minimum absolute atomic E-state index is 0.0349. The van der Waals surface area contributed by atoms with E-state index in [1.807, 2.05) is 6.92 Å². The van der Waals surface area contributed by atoms with Crippen molar-refractivity contribution in [2.45, 2.75) is 19.9 Å². The number of nitrogens with zero attached hydrogens (tertiary/aromatic N) is 2. The summed E-state index contributed by atoms with van der Waals surface area (Å²) in [7, 11) is -3.13. The number of rotatable bonds is 3. The molecule has 0 saturated carbocycles. The summed E-state index contributed by atoms with van der Waals surface area (Å²) in [6.07, 6.45) is 1.52. The third kappa shape index (κ3) is 4.85. The van der Waals surface area contributed by atoms with Crippen LogP contribution in [0.3, 0.4) is 0 Å². The number of carbonyl (C=O) groups is 1. The number of nitrogens with one attached hydrogen (secondary N) is 1. The summed E-state index contributed by atoms with van der Waals surface area (Å²) >= 11 is 0. The molecule has 2 unspecified atom stereocenters. The number of aromatic nitrogens is 1. The predicted molar refractivity (Wildman–Crippen MR) is 98.2 cm³/mol. The minimum atomic E-state index is -3.13. The van der Waals surface area contributed by atoms with Crippen LogP contribution in [0.5, 0.6) is 0 Å². The molecule has 1 aliphatic rings. The standard InChI is InChI=1S/C18H22FN3O4S/c1-12-10-22(7-8-27(24,25)11-12)18(23)21-13(2)17-20-9-16(26-17)14-3-5-15(19)6-4-14/h3-6,9,12-13H,7-8,10-11H2,1-2H3,(H,21,23). The zero-order valence-corrected chi connectivity index (χ0v) is 16.0. The SMILES string of the molecule is CC1CN(C(=O)NC(C)c2ncc(-c3ccc(F)cc3)o2)CCS(=O)(=O)C1. The van der Waals surface area contributed by atoms with Gasteiger partial charge in [-0.1, -0.05) is 6.92 Å². The molecule has 0 spiro atoms. The molecule has 7 nitrogen and oxygen atoms in total. The number of halogens is 1. The van der Waals surface area contributed by atoms with Crippen molar-refractivity contribution >= 4 is 15.9 Å². The minimum Gasteiger partial charge on any atom is -0.438 e. The molecule has 0 radical (unpaired) electrons. The van der Waals surface area contributed by atoms with E-state index in [-0.39, 0.29) is 35.8 Å². The fraction of sp³-hybridized carbons (Fsp3) is 0.444. The van der Waals surface area contributed by atoms with Gasteiger partial charge in [-0.15, -0.1) is 0 Å². The molecule has 146 valence electrons. The van der Waals surface area contributed by atoms with E-state index < -0.39 is 15.9 Å². The Balaban J connectivity index is 1.65. The Kier molecular flexibility index (Phi) is 5.50. The van der Waals surface area contributed by atoms with Gasteiger partial charge in [0.2, 0.25) is 5.89 Å². The summed E-state index contributed by atoms with van der Waals surface area (Å²) < 4.78 is 42.4. The first-order valence-corrected chi connectivity index (χ1v) is 10.5. The quantitative estimate of drug-likeness (QED) is 0.862. The largest absolute Gasteiger partial charge is 0.438 e. The molecule has 1 aliphatic heterocycles. The Morgan fingerprint density at radius 2 is 2.07 bits per heavy atom. The zero-order valence-electron chi connectivity index (χ0n) is 15.2. The van der Waals surface area contributed by atoms with E-state index in [1.54, 1.807) is 19.1 Å². The molecule has 2 amide bonds. The second kappa shape index (κ2) is 7.67. The fourth-order valence-electron chi connectivity index (χ4n) is 3.04. The third-order valence-corrected chi connectivity index (χ3v) is 6.27. The Labute approximate surface area is 157 Å². The Hall–Kier alpha value is -2.42. The van der Waals surface area contributed by atoms with Gasteiger partial charge in [0.1, 0.15) is 11.9 Å². The van der Waals surface area contributed by atoms with Crippen LogP contribution in [0.2, 0.25) is 0 Å². The molecule has 0 aliphatic carbocycles. The first-order valence-electron chi connectivity index (χ1n) is 8.71. The average molecular weight is 395 g/mol. The van der Waals surface area contributed by atoms with Gasteiger partial charge >= 0.3 is 6.03 Å². The number of amides is 2. The van der Waals surface area contributed by atoms with Gasteiger partial charge in [0.15, 0.2) is 15.6 Å². The number of hydrogen-bond donors (Lipinski definition) is 1. The highest BCUT2D eigenvalue weighted by Crippen LogP contribution is 2.23. The van der Waals surface area contributed by atoms with E-state index in [2.05, 4.69) is 10.3 Å². The van der Waals surface area contributed by atoms with Gasteiger partial charge in [-0.05, 0) is 37.1 Å². The number of oxazole rings is 1. The average Bonchev–Trinajstić information content (AvgIpc) is 3.03. The lowest BCUT2D eigenvalue weighted by Gasteiger charge is -2.24. The van der Waals surface area contributed by atoms with Crippen LogP contribution in [0, 0.1) is 11.7 Å². The van der Waals surface area contributed by atoms with E-state index >= 15 is 0 Å². The normalized spacial score (nSPS) is 20.7. The van der Waals surface area contributed by atoms with Crippen LogP contribution in [-0.4, -0.2) is 48.9 Å². The number of hydrogen-bond acceptors (Lipinski definition) is 5. The van der Waals surface area contributed by atoms with Crippen molar-refractivity contribution in [2.24, 2.45) is 5.92 Å². The maximum absolute atomic E-state index is 13.0. The van der Waals surface area contributed by atoms with E-state index in [1.165, 1.54) is 23.2 Å². The van der Waals surface area contributed by atoms with Crippen molar-refractivity contribution in [3.05, 3.63) is 42.2 Å². The van der Waals surface area contributed by atoms with Crippen LogP contribution in [0.15, 0.2) is 34.9 Å². The number of benzene rings is 1. The lowest BCUT2D eigenvalue weighted by Crippen LogP contribution is -2.43. The van der Waals surface area contributed by atoms with Gasteiger partial charge in [0.25, 0.3) is 0 Å². The van der Waals surface area contributed by atoms with E-state index in [0.29, 0.717) is 23.8 Å². The Morgan fingerprint density at radius 3 is 2.78 bits per heavy atom. The molecule has 3 rings (SSSR count). The molecular weight excluding hydrogens is 373 g/mol. The first-order chi connectivity index (χ1) is 12.7. The van der Waals surface area contributed by atoms with E-state index in [9.17, 15) is 17.6 Å². The van der Waals surface area contributed by atoms with Crippen molar-refractivity contribution < 1.29 is 22.0 Å². The molecule has 1 aromatic carbocycles. The van der Waals surface area contributed by atoms with Crippen LogP contribution in [-0.2, 0) is 9.84 Å². The van der Waals surface area contributed by atoms with Crippen LogP contribution in [0.4, 0.5) is 9.18 Å². The molecule has 2 aromatic rings. The number of sulfone groups is 1. The Morgan fingerprint density at radius 1 is 1.37 bits per heavy atom. The van der Waals surface area contributed by atoms with Crippen molar-refractivity contribution in [3.8, 4) is 11.3 Å². The van der Waals surface area contributed by atoms with E-state index in [4.69, 9.17) is 4.42 Å². The lowest BCUT2D eigenvalue weighted by atomic mass is 10.2. The lowest BCUT2D eigenvalue weighted by molar-refractivity contribution is 0.191. The summed E-state index contributed by atoms with van der Waals surface area (Å²) in [5.41, 5.74) is 0.681. The number of carbonyl (C=O) groups excluding carboxylic acids is 1. The highest BCUT2D eigenvalue weighted by atomic mass is 32.2. The topological polar surface area (TPSA) is 92.5 Å². The van der Waals surface area contributed by atoms with Crippen molar-refractivity contribution in [1.29, 1.82) is 0 Å². The van der Waals surface area contributed by atoms with Gasteiger partial charge in [-0.2, -0.15) is 0 Å². The van der Waals surface area contributed by atoms with Crippen LogP contribution in [0.25, 0.3) is 11.3 Å². The van der Waals surface area contributed by atoms with Crippen LogP contribution in [0.1, 0.15) is 25.8 Å². The monoisotopic (exact) mass is 395 g/mol. The highest BCUT2D eigenvalue weighted by Gasteiger charge is 2.28. The summed E-state index contributed by atoms with van der Waals surface area (Å²) in [5.74, 6) is 0.386. The fourth-order valence-corrected chi connectivity index (χ4v) is 4.68. The van der Waals surface area contributed by atoms with Gasteiger partial charge < -0.3 is 14.6 Å². The van der Waals surface area contributed by atoms with Crippen LogP contribution >= 0.6 is 0 Å². The summed E-state index contributed by atoms with van der Waals surface area (Å²) in [4.78, 5) is 18.2. The molecule has 1 aromatic heterocycles. The van der Waals surface area contributed by atoms with Gasteiger partial charge in [0.05, 0.1) is 17.7 Å². The van der Waals surface area contributed by atoms with Gasteiger partial charge in [0, 0.05) is 18.7 Å². The Bertz CT molecular complexity index is 911. The predicted octanol–water partition coefficient (Wildman–Crippen LogP) is 2.62. The molecule has 27 heavy (non-hydrogen) atoms. The van der Waals surface area contributed by atoms with E-state index in [0.717, 1.165) is 0 Å². The van der Waals surface area contributed by atoms with Crippen molar-refractivity contribution in [3.63, 3.8) is 0 Å². The number of urea groups is 1. The molecule has 1 N–H and O–H groups in total. The summed E-state index contributed by atoms with van der Waals surface area (Å²) in [5, 5.41) is 2.79. The maximum Gasteiger partial charge on any atom is 0.318 e. The van der Waals surface area contributed by atoms with Gasteiger partial charge in [-0.3, -0.25) is 0 Å². The zero-order chi connectivity index (χ0) is 19.6. The molecule has 2 heterocycles. The molecular formula is C18H22FN3O4S. The molecule has 1 fully saturated rings. The highest BCUT2D eigenvalue weighted by molar-refractivity contribution is 7.91. The summed E-state index contributed by atoms with van der Waals surface area (Å²) in [6, 6.07) is 4.98. The third-order valence-electron chi connectivity index (χ3n) is 4.39. The van der Waals surface area contributed by atoms with Gasteiger partial charge in [-0.25, -0.2) is 22.6 Å². The van der Waals surface area contributed by atoms with Crippen LogP contribution < -0.4 is 5.32 Å². The molecule has 9 heteroatoms. The molecule has 0 bridgehead atoms. The molecule has 2 atom stereocenters. The smallest absolute Gasteiger partial charge is 0.318 e. The molecule has 1 saturated heterocycles. The summed E-state index contributed by atoms with van der Waals surface area (Å²) in [6.45, 7) is 4.09. The second-order valence-electron chi connectivity index (χ2n) is 6.91. The maximum atomic E-state index is 13.0. The van der Waals surface area contributed by atoms with Crippen molar-refractivity contribution in [2.75, 3.05) is 24.6 Å². The van der Waals surface area contributed by atoms with Crippen molar-refractivity contribution in [1.82, 2.24) is 15.2 Å². The second-order valence-corrected chi connectivity index (χ2v) is 9.14.